The number of alkyl halides is 3. The van der Waals surface area contributed by atoms with Gasteiger partial charge in [0.2, 0.25) is 0 Å². The fraction of sp³-hybridized carbons (Fsp3) is 0.487. The van der Waals surface area contributed by atoms with E-state index in [2.05, 4.69) is 29.8 Å². The van der Waals surface area contributed by atoms with Gasteiger partial charge in [0, 0.05) is 5.56 Å². The second-order valence-corrected chi connectivity index (χ2v) is 13.1. The highest BCUT2D eigenvalue weighted by molar-refractivity contribution is 9.10. The van der Waals surface area contributed by atoms with Gasteiger partial charge in [-0.1, -0.05) is 52.0 Å². The van der Waals surface area contributed by atoms with Crippen LogP contribution in [-0.2, 0) is 25.2 Å². The van der Waals surface area contributed by atoms with Crippen LogP contribution >= 0.6 is 15.9 Å². The number of ether oxygens (including phenoxy) is 4. The van der Waals surface area contributed by atoms with Crippen molar-refractivity contribution < 1.29 is 41.7 Å². The third-order valence-corrected chi connectivity index (χ3v) is 8.06. The zero-order chi connectivity index (χ0) is 36.7. The summed E-state index contributed by atoms with van der Waals surface area (Å²) < 4.78 is 61.2. The second-order valence-electron chi connectivity index (χ2n) is 12.3. The minimum absolute atomic E-state index is 0.155. The first-order valence-electron chi connectivity index (χ1n) is 16.9. The number of rotatable bonds is 15. The van der Waals surface area contributed by atoms with E-state index in [4.69, 9.17) is 18.9 Å². The molecule has 0 aliphatic heterocycles. The lowest BCUT2D eigenvalue weighted by Gasteiger charge is -2.20. The fourth-order valence-corrected chi connectivity index (χ4v) is 5.79. The lowest BCUT2D eigenvalue weighted by molar-refractivity contribution is -0.146. The number of carbonyl (C=O) groups excluding carboxylic acids is 2. The molecule has 10 heteroatoms. The molecule has 0 aromatic heterocycles. The lowest BCUT2D eigenvalue weighted by atomic mass is 9.88. The summed E-state index contributed by atoms with van der Waals surface area (Å²) in [5.41, 5.74) is 2.26. The van der Waals surface area contributed by atoms with E-state index in [9.17, 15) is 22.8 Å². The molecule has 0 fully saturated rings. The van der Waals surface area contributed by atoms with Gasteiger partial charge in [-0.05, 0) is 121 Å². The van der Waals surface area contributed by atoms with Gasteiger partial charge in [-0.15, -0.1) is 0 Å². The molecule has 0 aliphatic rings. The summed E-state index contributed by atoms with van der Waals surface area (Å²) in [5, 5.41) is 0. The molecule has 270 valence electrons. The number of hydrogen-bond acceptors (Lipinski definition) is 6. The Bertz CT molecular complexity index is 1470. The van der Waals surface area contributed by atoms with Crippen LogP contribution in [0.5, 0.6) is 11.5 Å². The van der Waals surface area contributed by atoms with E-state index >= 15 is 0 Å². The summed E-state index contributed by atoms with van der Waals surface area (Å²) in [6.07, 6.45) is -3.01. The number of benzene rings is 3. The highest BCUT2D eigenvalue weighted by atomic mass is 79.9. The second kappa shape index (κ2) is 20.2. The highest BCUT2D eigenvalue weighted by Gasteiger charge is 2.30. The van der Waals surface area contributed by atoms with Gasteiger partial charge >= 0.3 is 18.1 Å². The molecule has 3 rings (SSSR count). The van der Waals surface area contributed by atoms with Gasteiger partial charge in [-0.3, -0.25) is 9.59 Å². The summed E-state index contributed by atoms with van der Waals surface area (Å²) in [6.45, 7) is 17.4. The third kappa shape index (κ3) is 13.0. The number of esters is 2. The molecule has 3 aromatic carbocycles. The molecule has 2 unspecified atom stereocenters. The Morgan fingerprint density at radius 1 is 0.653 bits per heavy atom. The summed E-state index contributed by atoms with van der Waals surface area (Å²) in [5.74, 6) is 0.925. The minimum atomic E-state index is -4.39. The largest absolute Gasteiger partial charge is 0.493 e. The Morgan fingerprint density at radius 3 is 1.51 bits per heavy atom. The van der Waals surface area contributed by atoms with Crippen LogP contribution in [-0.4, -0.2) is 38.4 Å². The van der Waals surface area contributed by atoms with E-state index in [0.717, 1.165) is 39.9 Å². The maximum atomic E-state index is 12.9. The van der Waals surface area contributed by atoms with Gasteiger partial charge in [0.25, 0.3) is 0 Å². The Morgan fingerprint density at radius 2 is 1.10 bits per heavy atom. The number of halogens is 4. The van der Waals surface area contributed by atoms with Crippen molar-refractivity contribution in [3.05, 3.63) is 81.8 Å². The van der Waals surface area contributed by atoms with E-state index in [1.807, 2.05) is 65.0 Å². The van der Waals surface area contributed by atoms with Crippen LogP contribution in [0.4, 0.5) is 13.2 Å². The molecule has 0 spiro atoms. The van der Waals surface area contributed by atoms with Crippen LogP contribution in [0.2, 0.25) is 0 Å². The third-order valence-electron chi connectivity index (χ3n) is 7.44. The maximum absolute atomic E-state index is 12.9. The molecule has 0 radical (unpaired) electrons. The first-order valence-corrected chi connectivity index (χ1v) is 17.7. The average Bonchev–Trinajstić information content (AvgIpc) is 3.04. The van der Waals surface area contributed by atoms with Crippen molar-refractivity contribution in [2.45, 2.75) is 86.2 Å². The first kappa shape index (κ1) is 41.6. The normalized spacial score (nSPS) is 12.5. The predicted molar refractivity (Wildman–Crippen MR) is 191 cm³/mol. The zero-order valence-electron chi connectivity index (χ0n) is 29.8. The van der Waals surface area contributed by atoms with Crippen LogP contribution in [0.25, 0.3) is 11.1 Å². The minimum Gasteiger partial charge on any atom is -0.493 e. The molecule has 0 heterocycles. The standard InChI is InChI=1S/C23H27F3O3.C16H23BrO3/c1-5-28-21-12-9-17(20(13-15(3)4)22(27)29-6-2)14-19(21)16-7-10-18(11-8-16)23(24,25)26;1-5-19-15-8-7-12(10-14(15)17)13(9-11(3)4)16(18)20-6-2/h7-12,14-15,20H,5-6,13H2,1-4H3;7-8,10-11,13H,5-6,9H2,1-4H3. The number of carbonyl (C=O) groups is 2. The fourth-order valence-electron chi connectivity index (χ4n) is 5.28. The summed E-state index contributed by atoms with van der Waals surface area (Å²) in [6, 6.07) is 16.1. The van der Waals surface area contributed by atoms with Gasteiger partial charge in [0.05, 0.1) is 48.3 Å². The quantitative estimate of drug-likeness (QED) is 0.144. The Hall–Kier alpha value is -3.53. The van der Waals surface area contributed by atoms with Crippen molar-refractivity contribution in [1.82, 2.24) is 0 Å². The SMILES string of the molecule is CCOC(=O)C(CC(C)C)c1ccc(OCC)c(-c2ccc(C(F)(F)F)cc2)c1.CCOC(=O)C(CC(C)C)c1ccc(OCC)c(Br)c1. The van der Waals surface area contributed by atoms with E-state index in [1.165, 1.54) is 12.1 Å². The van der Waals surface area contributed by atoms with Gasteiger partial charge < -0.3 is 18.9 Å². The molecule has 49 heavy (non-hydrogen) atoms. The summed E-state index contributed by atoms with van der Waals surface area (Å²) >= 11 is 3.49. The maximum Gasteiger partial charge on any atom is 0.416 e. The average molecular weight is 752 g/mol. The Labute approximate surface area is 297 Å². The molecule has 3 aromatic rings. The van der Waals surface area contributed by atoms with Crippen LogP contribution in [0.15, 0.2) is 65.1 Å². The number of hydrogen-bond donors (Lipinski definition) is 0. The van der Waals surface area contributed by atoms with Crippen molar-refractivity contribution in [2.75, 3.05) is 26.4 Å². The van der Waals surface area contributed by atoms with Crippen LogP contribution in [0.3, 0.4) is 0 Å². The van der Waals surface area contributed by atoms with Crippen molar-refractivity contribution >= 4 is 27.9 Å². The van der Waals surface area contributed by atoms with E-state index in [1.54, 1.807) is 13.0 Å². The molecule has 0 bridgehead atoms. The molecule has 0 saturated heterocycles. The molecule has 0 aliphatic carbocycles. The van der Waals surface area contributed by atoms with E-state index < -0.39 is 17.7 Å². The summed E-state index contributed by atoms with van der Waals surface area (Å²) in [7, 11) is 0. The first-order chi connectivity index (χ1) is 23.2. The molecular formula is C39H50BrF3O6. The Balaban J connectivity index is 0.000000365. The van der Waals surface area contributed by atoms with Crippen LogP contribution < -0.4 is 9.47 Å². The highest BCUT2D eigenvalue weighted by Crippen LogP contribution is 2.37. The van der Waals surface area contributed by atoms with Gasteiger partial charge in [-0.2, -0.15) is 13.2 Å². The molecule has 2 atom stereocenters. The summed E-state index contributed by atoms with van der Waals surface area (Å²) in [4.78, 5) is 24.6. The smallest absolute Gasteiger partial charge is 0.416 e. The molecular weight excluding hydrogens is 701 g/mol. The van der Waals surface area contributed by atoms with Crippen molar-refractivity contribution in [1.29, 1.82) is 0 Å². The van der Waals surface area contributed by atoms with Crippen LogP contribution in [0, 0.1) is 11.8 Å². The Kier molecular flexibility index (Phi) is 17.2. The topological polar surface area (TPSA) is 71.1 Å². The van der Waals surface area contributed by atoms with Crippen molar-refractivity contribution in [3.8, 4) is 22.6 Å². The zero-order valence-corrected chi connectivity index (χ0v) is 31.4. The van der Waals surface area contributed by atoms with Gasteiger partial charge in [-0.25, -0.2) is 0 Å². The van der Waals surface area contributed by atoms with Crippen molar-refractivity contribution in [2.24, 2.45) is 11.8 Å². The van der Waals surface area contributed by atoms with E-state index in [-0.39, 0.29) is 30.4 Å². The predicted octanol–water partition coefficient (Wildman–Crippen LogP) is 11.0. The molecule has 0 amide bonds. The van der Waals surface area contributed by atoms with Crippen LogP contribution in [0.1, 0.15) is 96.8 Å². The molecule has 0 saturated carbocycles. The monoisotopic (exact) mass is 750 g/mol. The molecule has 6 nitrogen and oxygen atoms in total. The lowest BCUT2D eigenvalue weighted by Crippen LogP contribution is -2.18. The van der Waals surface area contributed by atoms with Gasteiger partial charge in [0.1, 0.15) is 11.5 Å². The van der Waals surface area contributed by atoms with Gasteiger partial charge in [0.15, 0.2) is 0 Å². The van der Waals surface area contributed by atoms with Crippen molar-refractivity contribution in [3.63, 3.8) is 0 Å². The molecule has 0 N–H and O–H groups in total. The van der Waals surface area contributed by atoms with E-state index in [0.29, 0.717) is 49.0 Å².